The second kappa shape index (κ2) is 5.82. The molecule has 24 heavy (non-hydrogen) atoms. The number of nitrogens with zero attached hydrogens (tertiary/aromatic N) is 2. The Labute approximate surface area is 140 Å². The second-order valence-corrected chi connectivity index (χ2v) is 8.33. The first-order valence-corrected chi connectivity index (χ1v) is 8.80. The minimum Gasteiger partial charge on any atom is -0.468 e. The number of methoxy groups -OCH3 is 1. The molecule has 8 nitrogen and oxygen atoms in total. The number of nitro benzene ring substituents is 1. The summed E-state index contributed by atoms with van der Waals surface area (Å²) in [6, 6.07) is 5.12. The van der Waals surface area contributed by atoms with Gasteiger partial charge < -0.3 is 4.74 Å². The summed E-state index contributed by atoms with van der Waals surface area (Å²) in [6.07, 6.45) is 0.699. The Kier molecular flexibility index (Phi) is 4.45. The van der Waals surface area contributed by atoms with Crippen molar-refractivity contribution in [1.29, 1.82) is 0 Å². The predicted molar refractivity (Wildman–Crippen MR) is 85.9 cm³/mol. The monoisotopic (exact) mass is 356 g/mol. The molecule has 132 valence electrons. The van der Waals surface area contributed by atoms with Crippen LogP contribution in [0.1, 0.15) is 33.6 Å². The molecule has 0 saturated carbocycles. The van der Waals surface area contributed by atoms with E-state index in [0.717, 1.165) is 10.4 Å². The van der Waals surface area contributed by atoms with Crippen molar-refractivity contribution in [2.75, 3.05) is 7.11 Å². The second-order valence-electron chi connectivity index (χ2n) is 6.57. The quantitative estimate of drug-likeness (QED) is 0.464. The van der Waals surface area contributed by atoms with E-state index in [4.69, 9.17) is 4.74 Å². The first kappa shape index (κ1) is 18.3. The molecule has 1 atom stereocenters. The fourth-order valence-corrected chi connectivity index (χ4v) is 5.63. The maximum absolute atomic E-state index is 13.2. The summed E-state index contributed by atoms with van der Waals surface area (Å²) in [5, 5.41) is 11.2. The SMILES string of the molecule is COC(=O)C1(C)CCC(C)(C)N1S(=O)(=O)c1ccccc1[N+](=O)[O-]. The molecule has 0 amide bonds. The number of ether oxygens (including phenoxy) is 1. The first-order chi connectivity index (χ1) is 11.0. The molecule has 1 aliphatic heterocycles. The molecule has 0 aliphatic carbocycles. The topological polar surface area (TPSA) is 107 Å². The summed E-state index contributed by atoms with van der Waals surface area (Å²) in [5.74, 6) is -0.685. The van der Waals surface area contributed by atoms with E-state index < -0.39 is 42.6 Å². The Balaban J connectivity index is 2.71. The molecular weight excluding hydrogens is 336 g/mol. The Morgan fingerprint density at radius 2 is 1.83 bits per heavy atom. The molecule has 1 heterocycles. The highest BCUT2D eigenvalue weighted by atomic mass is 32.2. The van der Waals surface area contributed by atoms with Crippen LogP contribution in [0, 0.1) is 10.1 Å². The molecular formula is C15H20N2O6S. The van der Waals surface area contributed by atoms with Gasteiger partial charge in [-0.1, -0.05) is 12.1 Å². The summed E-state index contributed by atoms with van der Waals surface area (Å²) in [6.45, 7) is 4.86. The van der Waals surface area contributed by atoms with Gasteiger partial charge in [0.25, 0.3) is 15.7 Å². The number of nitro groups is 1. The molecule has 1 fully saturated rings. The average molecular weight is 356 g/mol. The smallest absolute Gasteiger partial charge is 0.327 e. The van der Waals surface area contributed by atoms with Gasteiger partial charge in [0, 0.05) is 11.6 Å². The minimum atomic E-state index is -4.29. The van der Waals surface area contributed by atoms with Gasteiger partial charge in [0.05, 0.1) is 12.0 Å². The van der Waals surface area contributed by atoms with Crippen LogP contribution in [-0.2, 0) is 19.6 Å². The Morgan fingerprint density at radius 3 is 2.38 bits per heavy atom. The van der Waals surface area contributed by atoms with Gasteiger partial charge in [-0.15, -0.1) is 0 Å². The van der Waals surface area contributed by atoms with Crippen molar-refractivity contribution in [3.63, 3.8) is 0 Å². The number of sulfonamides is 1. The third kappa shape index (κ3) is 2.67. The minimum absolute atomic E-state index is 0.270. The van der Waals surface area contributed by atoms with Crippen molar-refractivity contribution in [3.8, 4) is 0 Å². The molecule has 0 radical (unpaired) electrons. The molecule has 1 saturated heterocycles. The lowest BCUT2D eigenvalue weighted by Gasteiger charge is -2.38. The molecule has 0 bridgehead atoms. The summed E-state index contributed by atoms with van der Waals surface area (Å²) in [7, 11) is -3.10. The number of carbonyl (C=O) groups is 1. The van der Waals surface area contributed by atoms with Crippen LogP contribution in [0.3, 0.4) is 0 Å². The molecule has 1 aliphatic rings. The molecule has 1 aromatic carbocycles. The van der Waals surface area contributed by atoms with E-state index in [9.17, 15) is 23.3 Å². The maximum Gasteiger partial charge on any atom is 0.327 e. The van der Waals surface area contributed by atoms with E-state index in [-0.39, 0.29) is 6.42 Å². The van der Waals surface area contributed by atoms with Crippen molar-refractivity contribution >= 4 is 21.7 Å². The van der Waals surface area contributed by atoms with E-state index >= 15 is 0 Å². The van der Waals surface area contributed by atoms with Crippen molar-refractivity contribution in [2.24, 2.45) is 0 Å². The van der Waals surface area contributed by atoms with Gasteiger partial charge in [0.1, 0.15) is 5.54 Å². The Bertz CT molecular complexity index is 789. The highest BCUT2D eigenvalue weighted by Gasteiger charge is 2.59. The fraction of sp³-hybridized carbons (Fsp3) is 0.533. The molecule has 0 aromatic heterocycles. The zero-order chi connectivity index (χ0) is 18.3. The van der Waals surface area contributed by atoms with Gasteiger partial charge in [-0.25, -0.2) is 8.42 Å². The van der Waals surface area contributed by atoms with Crippen molar-refractivity contribution < 1.29 is 22.9 Å². The van der Waals surface area contributed by atoms with Crippen LogP contribution in [0.15, 0.2) is 29.2 Å². The summed E-state index contributed by atoms with van der Waals surface area (Å²) >= 11 is 0. The molecule has 9 heteroatoms. The first-order valence-electron chi connectivity index (χ1n) is 7.36. The molecule has 1 aromatic rings. The number of benzene rings is 1. The highest BCUT2D eigenvalue weighted by Crippen LogP contribution is 2.46. The van der Waals surface area contributed by atoms with Gasteiger partial charge in [0.15, 0.2) is 4.90 Å². The number of para-hydroxylation sites is 1. The van der Waals surface area contributed by atoms with Gasteiger partial charge in [0.2, 0.25) is 0 Å². The zero-order valence-electron chi connectivity index (χ0n) is 14.0. The van der Waals surface area contributed by atoms with Crippen LogP contribution in [0.4, 0.5) is 5.69 Å². The molecule has 0 spiro atoms. The predicted octanol–water partition coefficient (Wildman–Crippen LogP) is 2.09. The normalized spacial score (nSPS) is 23.8. The number of carbonyl (C=O) groups excluding carboxylic acids is 1. The van der Waals surface area contributed by atoms with Crippen molar-refractivity contribution in [3.05, 3.63) is 34.4 Å². The standard InChI is InChI=1S/C15H20N2O6S/c1-14(2)9-10-15(3,13(18)23-4)17(14)24(21,22)12-8-6-5-7-11(12)16(19)20/h5-8H,9-10H2,1-4H3. The van der Waals surface area contributed by atoms with E-state index in [1.54, 1.807) is 13.8 Å². The largest absolute Gasteiger partial charge is 0.468 e. The number of hydrogen-bond donors (Lipinski definition) is 0. The Morgan fingerprint density at radius 1 is 1.25 bits per heavy atom. The van der Waals surface area contributed by atoms with Crippen LogP contribution in [0.25, 0.3) is 0 Å². The molecule has 2 rings (SSSR count). The van der Waals surface area contributed by atoms with Gasteiger partial charge in [-0.2, -0.15) is 4.31 Å². The highest BCUT2D eigenvalue weighted by molar-refractivity contribution is 7.89. The lowest BCUT2D eigenvalue weighted by Crippen LogP contribution is -2.57. The Hall–Kier alpha value is -2.00. The van der Waals surface area contributed by atoms with Crippen LogP contribution in [0.2, 0.25) is 0 Å². The van der Waals surface area contributed by atoms with Gasteiger partial charge >= 0.3 is 5.97 Å². The number of esters is 1. The average Bonchev–Trinajstić information content (AvgIpc) is 2.77. The third-order valence-electron chi connectivity index (χ3n) is 4.43. The molecule has 0 N–H and O–H groups in total. The fourth-order valence-electron chi connectivity index (χ4n) is 3.34. The van der Waals surface area contributed by atoms with Crippen molar-refractivity contribution in [1.82, 2.24) is 4.31 Å². The number of hydrogen-bond acceptors (Lipinski definition) is 6. The van der Waals surface area contributed by atoms with Gasteiger partial charge in [-0.05, 0) is 39.7 Å². The van der Waals surface area contributed by atoms with Gasteiger partial charge in [-0.3, -0.25) is 14.9 Å². The zero-order valence-corrected chi connectivity index (χ0v) is 14.8. The van der Waals surface area contributed by atoms with E-state index in [2.05, 4.69) is 0 Å². The third-order valence-corrected chi connectivity index (χ3v) is 6.71. The summed E-state index contributed by atoms with van der Waals surface area (Å²) < 4.78 is 32.3. The summed E-state index contributed by atoms with van der Waals surface area (Å²) in [5.41, 5.74) is -2.82. The van der Waals surface area contributed by atoms with Crippen molar-refractivity contribution in [2.45, 2.75) is 49.6 Å². The molecule has 1 unspecified atom stereocenters. The maximum atomic E-state index is 13.2. The van der Waals surface area contributed by atoms with Crippen LogP contribution in [-0.4, -0.2) is 41.8 Å². The number of rotatable bonds is 4. The van der Waals surface area contributed by atoms with E-state index in [1.807, 2.05) is 0 Å². The lowest BCUT2D eigenvalue weighted by molar-refractivity contribution is -0.387. The van der Waals surface area contributed by atoms with E-state index in [1.165, 1.54) is 32.2 Å². The summed E-state index contributed by atoms with van der Waals surface area (Å²) in [4.78, 5) is 22.3. The van der Waals surface area contributed by atoms with Crippen LogP contribution in [0.5, 0.6) is 0 Å². The van der Waals surface area contributed by atoms with Crippen LogP contribution >= 0.6 is 0 Å². The van der Waals surface area contributed by atoms with E-state index in [0.29, 0.717) is 6.42 Å². The van der Waals surface area contributed by atoms with Crippen LogP contribution < -0.4 is 0 Å². The lowest BCUT2D eigenvalue weighted by atomic mass is 9.99.